The molecule has 5 nitrogen and oxygen atoms in total. The average Bonchev–Trinajstić information content (AvgIpc) is 3.10. The normalized spacial score (nSPS) is 15.7. The molecule has 0 unspecified atom stereocenters. The minimum Gasteiger partial charge on any atom is -0.497 e. The summed E-state index contributed by atoms with van der Waals surface area (Å²) < 4.78 is 7.53. The molecule has 0 radical (unpaired) electrons. The maximum Gasteiger partial charge on any atom is 0.192 e. The number of ether oxygens (including phenoxy) is 1. The molecule has 0 atom stereocenters. The van der Waals surface area contributed by atoms with Crippen LogP contribution in [0.5, 0.6) is 5.75 Å². The molecule has 1 saturated carbocycles. The van der Waals surface area contributed by atoms with Crippen molar-refractivity contribution < 1.29 is 9.53 Å². The van der Waals surface area contributed by atoms with Crippen LogP contribution in [-0.2, 0) is 4.79 Å². The molecule has 0 amide bonds. The van der Waals surface area contributed by atoms with Gasteiger partial charge in [0.15, 0.2) is 11.0 Å². The molecule has 1 aromatic heterocycles. The number of nitrogens with zero attached hydrogens (tertiary/aromatic N) is 3. The number of Topliss-reactive ketones (excluding diaryl/α,β-unsaturated/α-hetero) is 1. The minimum atomic E-state index is -0.332. The topological polar surface area (TPSA) is 57.0 Å². The maximum atomic E-state index is 12.4. The van der Waals surface area contributed by atoms with Gasteiger partial charge in [-0.1, -0.05) is 51.8 Å². The van der Waals surface area contributed by atoms with Crippen LogP contribution >= 0.6 is 11.8 Å². The van der Waals surface area contributed by atoms with E-state index in [0.717, 1.165) is 35.1 Å². The van der Waals surface area contributed by atoms with Crippen molar-refractivity contribution in [3.8, 4) is 17.1 Å². The van der Waals surface area contributed by atoms with Gasteiger partial charge in [-0.25, -0.2) is 0 Å². The summed E-state index contributed by atoms with van der Waals surface area (Å²) in [6.45, 7) is 5.89. The fourth-order valence-corrected chi connectivity index (χ4v) is 4.49. The van der Waals surface area contributed by atoms with Crippen molar-refractivity contribution >= 4 is 17.5 Å². The molecule has 1 fully saturated rings. The fourth-order valence-electron chi connectivity index (χ4n) is 3.33. The van der Waals surface area contributed by atoms with Crippen molar-refractivity contribution in [2.24, 2.45) is 5.41 Å². The highest BCUT2D eigenvalue weighted by atomic mass is 32.2. The summed E-state index contributed by atoms with van der Waals surface area (Å²) in [4.78, 5) is 12.4. The highest BCUT2D eigenvalue weighted by Gasteiger charge is 2.26. The molecule has 27 heavy (non-hydrogen) atoms. The first-order valence-corrected chi connectivity index (χ1v) is 10.6. The third kappa shape index (κ3) is 4.72. The molecule has 3 rings (SSSR count). The van der Waals surface area contributed by atoms with E-state index in [2.05, 4.69) is 14.8 Å². The third-order valence-electron chi connectivity index (χ3n) is 5.12. The van der Waals surface area contributed by atoms with Gasteiger partial charge in [0.25, 0.3) is 0 Å². The van der Waals surface area contributed by atoms with E-state index in [0.29, 0.717) is 11.8 Å². The monoisotopic (exact) mass is 387 g/mol. The Morgan fingerprint density at radius 1 is 1.15 bits per heavy atom. The lowest BCUT2D eigenvalue weighted by Crippen LogP contribution is -2.22. The second-order valence-electron chi connectivity index (χ2n) is 8.16. The van der Waals surface area contributed by atoms with Crippen LogP contribution < -0.4 is 4.74 Å². The Labute approximate surface area is 165 Å². The van der Waals surface area contributed by atoms with Gasteiger partial charge in [0, 0.05) is 17.0 Å². The number of carbonyl (C=O) groups excluding carboxylic acids is 1. The van der Waals surface area contributed by atoms with E-state index in [1.54, 1.807) is 7.11 Å². The zero-order valence-electron chi connectivity index (χ0n) is 16.7. The molecule has 0 N–H and O–H groups in total. The standard InChI is InChI=1S/C21H29N3O2S/c1-21(2,3)18(25)14-27-20-23-22-19(15-10-12-17(26-4)13-11-15)24(20)16-8-6-5-7-9-16/h10-13,16H,5-9,14H2,1-4H3. The van der Waals surface area contributed by atoms with Gasteiger partial charge in [-0.2, -0.15) is 0 Å². The fraction of sp³-hybridized carbons (Fsp3) is 0.571. The van der Waals surface area contributed by atoms with E-state index in [9.17, 15) is 4.79 Å². The molecule has 1 aromatic carbocycles. The third-order valence-corrected chi connectivity index (χ3v) is 6.06. The number of ketones is 1. The molecule has 146 valence electrons. The van der Waals surface area contributed by atoms with Crippen LogP contribution in [0.25, 0.3) is 11.4 Å². The number of hydrogen-bond donors (Lipinski definition) is 0. The number of methoxy groups -OCH3 is 1. The Bertz CT molecular complexity index is 772. The van der Waals surface area contributed by atoms with E-state index in [1.165, 1.54) is 31.0 Å². The molecule has 1 aliphatic rings. The van der Waals surface area contributed by atoms with Gasteiger partial charge in [-0.05, 0) is 37.1 Å². The first kappa shape index (κ1) is 19.9. The van der Waals surface area contributed by atoms with Crippen LogP contribution in [0, 0.1) is 5.41 Å². The summed E-state index contributed by atoms with van der Waals surface area (Å²) in [6, 6.07) is 8.35. The van der Waals surface area contributed by atoms with Gasteiger partial charge in [0.1, 0.15) is 11.5 Å². The number of aromatic nitrogens is 3. The Balaban J connectivity index is 1.90. The maximum absolute atomic E-state index is 12.4. The van der Waals surface area contributed by atoms with Gasteiger partial charge in [-0.3, -0.25) is 9.36 Å². The Kier molecular flexibility index (Phi) is 6.25. The zero-order chi connectivity index (χ0) is 19.4. The summed E-state index contributed by atoms with van der Waals surface area (Å²) >= 11 is 1.51. The Morgan fingerprint density at radius 3 is 2.41 bits per heavy atom. The Morgan fingerprint density at radius 2 is 1.81 bits per heavy atom. The predicted octanol–water partition coefficient (Wildman–Crippen LogP) is 5.17. The summed E-state index contributed by atoms with van der Waals surface area (Å²) in [5, 5.41) is 9.81. The summed E-state index contributed by atoms with van der Waals surface area (Å²) in [6.07, 6.45) is 6.04. The van der Waals surface area contributed by atoms with Gasteiger partial charge in [0.2, 0.25) is 0 Å². The van der Waals surface area contributed by atoms with Crippen LogP contribution in [0.3, 0.4) is 0 Å². The van der Waals surface area contributed by atoms with E-state index in [1.807, 2.05) is 45.0 Å². The highest BCUT2D eigenvalue weighted by molar-refractivity contribution is 7.99. The van der Waals surface area contributed by atoms with Crippen LogP contribution in [-0.4, -0.2) is 33.4 Å². The van der Waals surface area contributed by atoms with Gasteiger partial charge < -0.3 is 4.74 Å². The van der Waals surface area contributed by atoms with Crippen LogP contribution in [0.4, 0.5) is 0 Å². The summed E-state index contributed by atoms with van der Waals surface area (Å²) in [7, 11) is 1.67. The summed E-state index contributed by atoms with van der Waals surface area (Å²) in [5.74, 6) is 2.37. The van der Waals surface area contributed by atoms with Gasteiger partial charge in [0.05, 0.1) is 12.9 Å². The largest absolute Gasteiger partial charge is 0.497 e. The van der Waals surface area contributed by atoms with Crippen molar-refractivity contribution in [1.82, 2.24) is 14.8 Å². The van der Waals surface area contributed by atoms with E-state index in [-0.39, 0.29) is 11.2 Å². The van der Waals surface area contributed by atoms with Crippen molar-refractivity contribution in [2.75, 3.05) is 12.9 Å². The lowest BCUT2D eigenvalue weighted by molar-refractivity contribution is -0.123. The zero-order valence-corrected chi connectivity index (χ0v) is 17.5. The summed E-state index contributed by atoms with van der Waals surface area (Å²) in [5.41, 5.74) is 0.699. The lowest BCUT2D eigenvalue weighted by atomic mass is 9.92. The van der Waals surface area contributed by atoms with E-state index >= 15 is 0 Å². The molecule has 0 aliphatic heterocycles. The van der Waals surface area contributed by atoms with Crippen molar-refractivity contribution in [1.29, 1.82) is 0 Å². The second kappa shape index (κ2) is 8.46. The second-order valence-corrected chi connectivity index (χ2v) is 9.10. The molecular weight excluding hydrogens is 358 g/mol. The van der Waals surface area contributed by atoms with E-state index < -0.39 is 0 Å². The number of benzene rings is 1. The first-order valence-electron chi connectivity index (χ1n) is 9.65. The van der Waals surface area contributed by atoms with Gasteiger partial charge >= 0.3 is 0 Å². The van der Waals surface area contributed by atoms with E-state index in [4.69, 9.17) is 4.74 Å². The first-order chi connectivity index (χ1) is 12.9. The van der Waals surface area contributed by atoms with Crippen molar-refractivity contribution in [3.05, 3.63) is 24.3 Å². The number of hydrogen-bond acceptors (Lipinski definition) is 5. The smallest absolute Gasteiger partial charge is 0.192 e. The average molecular weight is 388 g/mol. The molecule has 0 saturated heterocycles. The molecular formula is C21H29N3O2S. The molecule has 0 spiro atoms. The quantitative estimate of drug-likeness (QED) is 0.640. The number of carbonyl (C=O) groups is 1. The molecule has 1 heterocycles. The molecule has 0 bridgehead atoms. The van der Waals surface area contributed by atoms with Crippen LogP contribution in [0.15, 0.2) is 29.4 Å². The SMILES string of the molecule is COc1ccc(-c2nnc(SCC(=O)C(C)(C)C)n2C2CCCCC2)cc1. The number of rotatable bonds is 6. The minimum absolute atomic E-state index is 0.233. The van der Waals surface area contributed by atoms with Crippen molar-refractivity contribution in [3.63, 3.8) is 0 Å². The predicted molar refractivity (Wildman–Crippen MR) is 109 cm³/mol. The number of thioether (sulfide) groups is 1. The van der Waals surface area contributed by atoms with Crippen LogP contribution in [0.2, 0.25) is 0 Å². The molecule has 2 aromatic rings. The lowest BCUT2D eigenvalue weighted by Gasteiger charge is -2.26. The van der Waals surface area contributed by atoms with Gasteiger partial charge in [-0.15, -0.1) is 10.2 Å². The Hall–Kier alpha value is -1.82. The molecule has 6 heteroatoms. The molecule has 1 aliphatic carbocycles. The highest BCUT2D eigenvalue weighted by Crippen LogP contribution is 2.36. The van der Waals surface area contributed by atoms with Crippen LogP contribution in [0.1, 0.15) is 58.9 Å². The van der Waals surface area contributed by atoms with Crippen molar-refractivity contribution in [2.45, 2.75) is 64.1 Å².